The molecule has 3 atom stereocenters. The van der Waals surface area contributed by atoms with Crippen LogP contribution in [-0.2, 0) is 33.9 Å². The first-order valence-electron chi connectivity index (χ1n) is 7.51. The lowest BCUT2D eigenvalue weighted by Gasteiger charge is -2.31. The average molecular weight is 428 g/mol. The SMILES string of the molecule is COCOC(=O)C1CCCCC1C(=O)OC(C(F)(F)F)C(F)(F)S(=O)(=O)O. The summed E-state index contributed by atoms with van der Waals surface area (Å²) in [7, 11) is -5.36. The molecule has 0 amide bonds. The van der Waals surface area contributed by atoms with Crippen molar-refractivity contribution >= 4 is 22.1 Å². The highest BCUT2D eigenvalue weighted by molar-refractivity contribution is 7.86. The van der Waals surface area contributed by atoms with Crippen molar-refractivity contribution in [1.82, 2.24) is 0 Å². The zero-order valence-corrected chi connectivity index (χ0v) is 14.7. The topological polar surface area (TPSA) is 116 Å². The van der Waals surface area contributed by atoms with E-state index in [0.29, 0.717) is 12.8 Å². The van der Waals surface area contributed by atoms with Crippen LogP contribution in [0.2, 0.25) is 0 Å². The highest BCUT2D eigenvalue weighted by Crippen LogP contribution is 2.40. The van der Waals surface area contributed by atoms with Crippen molar-refractivity contribution in [2.75, 3.05) is 13.9 Å². The molecule has 0 radical (unpaired) electrons. The maximum absolute atomic E-state index is 13.5. The Bertz CT molecular complexity index is 648. The second-order valence-electron chi connectivity index (χ2n) is 5.76. The number of carbonyl (C=O) groups excluding carboxylic acids is 2. The molecule has 1 aliphatic carbocycles. The quantitative estimate of drug-likeness (QED) is 0.283. The van der Waals surface area contributed by atoms with E-state index in [1.54, 1.807) is 0 Å². The molecule has 0 bridgehead atoms. The van der Waals surface area contributed by atoms with Gasteiger partial charge < -0.3 is 14.2 Å². The van der Waals surface area contributed by atoms with Crippen molar-refractivity contribution in [3.05, 3.63) is 0 Å². The summed E-state index contributed by atoms with van der Waals surface area (Å²) in [5.41, 5.74) is 0. The van der Waals surface area contributed by atoms with Gasteiger partial charge in [0.05, 0.1) is 11.8 Å². The minimum Gasteiger partial charge on any atom is -0.444 e. The molecule has 8 nitrogen and oxygen atoms in total. The van der Waals surface area contributed by atoms with Crippen molar-refractivity contribution in [2.45, 2.75) is 43.2 Å². The number of alkyl halides is 5. The van der Waals surface area contributed by atoms with Gasteiger partial charge in [0.1, 0.15) is 0 Å². The molecule has 0 aromatic carbocycles. The fourth-order valence-corrected chi connectivity index (χ4v) is 3.04. The van der Waals surface area contributed by atoms with E-state index in [1.807, 2.05) is 0 Å². The first-order chi connectivity index (χ1) is 12.2. The van der Waals surface area contributed by atoms with E-state index in [-0.39, 0.29) is 12.8 Å². The van der Waals surface area contributed by atoms with Crippen LogP contribution in [0.3, 0.4) is 0 Å². The Labute approximate surface area is 150 Å². The molecule has 1 saturated carbocycles. The van der Waals surface area contributed by atoms with E-state index < -0.39 is 58.2 Å². The highest BCUT2D eigenvalue weighted by Gasteiger charge is 2.66. The largest absolute Gasteiger partial charge is 0.444 e. The second-order valence-corrected chi connectivity index (χ2v) is 7.26. The molecular weight excluding hydrogens is 411 g/mol. The second kappa shape index (κ2) is 8.65. The normalized spacial score (nSPS) is 22.8. The average Bonchev–Trinajstić information content (AvgIpc) is 2.55. The van der Waals surface area contributed by atoms with Gasteiger partial charge in [-0.25, -0.2) is 0 Å². The number of halogens is 5. The monoisotopic (exact) mass is 428 g/mol. The van der Waals surface area contributed by atoms with Crippen LogP contribution in [0.4, 0.5) is 22.0 Å². The van der Waals surface area contributed by atoms with Gasteiger partial charge in [-0.3, -0.25) is 14.1 Å². The van der Waals surface area contributed by atoms with Crippen LogP contribution in [0, 0.1) is 11.8 Å². The summed E-state index contributed by atoms with van der Waals surface area (Å²) in [5, 5.41) is -5.83. The predicted molar refractivity (Wildman–Crippen MR) is 75.8 cm³/mol. The summed E-state index contributed by atoms with van der Waals surface area (Å²) in [6.45, 7) is -0.497. The Balaban J connectivity index is 3.07. The Morgan fingerprint density at radius 1 is 1.07 bits per heavy atom. The molecule has 3 unspecified atom stereocenters. The fraction of sp³-hybridized carbons (Fsp3) is 0.846. The van der Waals surface area contributed by atoms with Crippen LogP contribution in [0.1, 0.15) is 25.7 Å². The van der Waals surface area contributed by atoms with Gasteiger partial charge in [0.15, 0.2) is 6.79 Å². The Kier molecular flexibility index (Phi) is 7.52. The smallest absolute Gasteiger partial charge is 0.432 e. The lowest BCUT2D eigenvalue weighted by Crippen LogP contribution is -2.53. The number of rotatable bonds is 7. The summed E-state index contributed by atoms with van der Waals surface area (Å²) >= 11 is 0. The van der Waals surface area contributed by atoms with Crippen LogP contribution < -0.4 is 0 Å². The molecule has 1 rings (SSSR count). The number of esters is 2. The van der Waals surface area contributed by atoms with Gasteiger partial charge in [0.2, 0.25) is 0 Å². The zero-order chi connectivity index (χ0) is 21.0. The van der Waals surface area contributed by atoms with E-state index in [0.717, 1.165) is 0 Å². The van der Waals surface area contributed by atoms with Crippen molar-refractivity contribution < 1.29 is 58.7 Å². The molecule has 0 heterocycles. The third-order valence-electron chi connectivity index (χ3n) is 3.87. The summed E-state index contributed by atoms with van der Waals surface area (Å²) in [6, 6.07) is 0. The van der Waals surface area contributed by atoms with Crippen LogP contribution in [-0.4, -0.2) is 56.3 Å². The van der Waals surface area contributed by atoms with Gasteiger partial charge in [0, 0.05) is 7.11 Å². The molecule has 27 heavy (non-hydrogen) atoms. The first-order valence-corrected chi connectivity index (χ1v) is 8.95. The van der Waals surface area contributed by atoms with E-state index >= 15 is 0 Å². The maximum atomic E-state index is 13.5. The first kappa shape index (κ1) is 23.5. The third kappa shape index (κ3) is 5.72. The molecule has 14 heteroatoms. The van der Waals surface area contributed by atoms with E-state index in [9.17, 15) is 40.0 Å². The molecular formula is C13H17F5O8S. The van der Waals surface area contributed by atoms with Crippen LogP contribution in [0.25, 0.3) is 0 Å². The molecule has 1 N–H and O–H groups in total. The molecule has 1 aliphatic rings. The Morgan fingerprint density at radius 3 is 1.96 bits per heavy atom. The lowest BCUT2D eigenvalue weighted by atomic mass is 9.79. The number of hydrogen-bond acceptors (Lipinski definition) is 7. The summed E-state index contributed by atoms with van der Waals surface area (Å²) in [5.74, 6) is -5.66. The maximum Gasteiger partial charge on any atom is 0.432 e. The Hall–Kier alpha value is -1.54. The van der Waals surface area contributed by atoms with Crippen molar-refractivity contribution in [3.8, 4) is 0 Å². The number of hydrogen-bond donors (Lipinski definition) is 1. The van der Waals surface area contributed by atoms with Crippen LogP contribution >= 0.6 is 0 Å². The summed E-state index contributed by atoms with van der Waals surface area (Å²) in [6.07, 6.45) is -9.87. The fourth-order valence-electron chi connectivity index (χ4n) is 2.58. The molecule has 0 spiro atoms. The molecule has 1 fully saturated rings. The number of ether oxygens (including phenoxy) is 3. The third-order valence-corrected chi connectivity index (χ3v) is 4.77. The predicted octanol–water partition coefficient (Wildman–Crippen LogP) is 1.89. The molecule has 0 aromatic rings. The van der Waals surface area contributed by atoms with Gasteiger partial charge in [-0.1, -0.05) is 12.8 Å². The number of carbonyl (C=O) groups is 2. The highest BCUT2D eigenvalue weighted by atomic mass is 32.2. The van der Waals surface area contributed by atoms with Crippen molar-refractivity contribution in [1.29, 1.82) is 0 Å². The Morgan fingerprint density at radius 2 is 1.56 bits per heavy atom. The van der Waals surface area contributed by atoms with Gasteiger partial charge in [-0.05, 0) is 12.8 Å². The zero-order valence-electron chi connectivity index (χ0n) is 13.9. The van der Waals surface area contributed by atoms with Gasteiger partial charge >= 0.3 is 33.5 Å². The lowest BCUT2D eigenvalue weighted by molar-refractivity contribution is -0.261. The number of methoxy groups -OCH3 is 1. The van der Waals surface area contributed by atoms with E-state index in [1.165, 1.54) is 7.11 Å². The molecule has 0 saturated heterocycles. The van der Waals surface area contributed by atoms with Crippen LogP contribution in [0.5, 0.6) is 0 Å². The van der Waals surface area contributed by atoms with Gasteiger partial charge in [-0.2, -0.15) is 30.4 Å². The summed E-state index contributed by atoms with van der Waals surface area (Å²) < 4.78 is 108. The van der Waals surface area contributed by atoms with Gasteiger partial charge in [0.25, 0.3) is 6.10 Å². The summed E-state index contributed by atoms with van der Waals surface area (Å²) in [4.78, 5) is 23.9. The standard InChI is InChI=1S/C13H17F5O8S/c1-24-6-25-9(19)7-4-2-3-5-8(7)10(20)26-11(12(14,15)16)13(17,18)27(21,22)23/h7-8,11H,2-6H2,1H3,(H,21,22,23). The van der Waals surface area contributed by atoms with E-state index in [2.05, 4.69) is 14.2 Å². The van der Waals surface area contributed by atoms with Crippen molar-refractivity contribution in [3.63, 3.8) is 0 Å². The minimum atomic E-state index is -6.54. The molecule has 0 aliphatic heterocycles. The van der Waals surface area contributed by atoms with Crippen LogP contribution in [0.15, 0.2) is 0 Å². The molecule has 0 aromatic heterocycles. The minimum absolute atomic E-state index is 0.0215. The molecule has 158 valence electrons. The van der Waals surface area contributed by atoms with Gasteiger partial charge in [-0.15, -0.1) is 0 Å². The van der Waals surface area contributed by atoms with Crippen molar-refractivity contribution in [2.24, 2.45) is 11.8 Å². The van der Waals surface area contributed by atoms with E-state index in [4.69, 9.17) is 4.55 Å².